The number of nitrogens with one attached hydrogen (secondary N) is 1. The van der Waals surface area contributed by atoms with E-state index in [1.54, 1.807) is 0 Å². The van der Waals surface area contributed by atoms with E-state index in [-0.39, 0.29) is 24.4 Å². The predicted molar refractivity (Wildman–Crippen MR) is 110 cm³/mol. The topological polar surface area (TPSA) is 69.6 Å². The fraction of sp³-hybridized carbons (Fsp3) is 0.545. The van der Waals surface area contributed by atoms with Crippen molar-refractivity contribution < 1.29 is 14.7 Å². The second-order valence-electron chi connectivity index (χ2n) is 9.05. The maximum atomic E-state index is 12.6. The largest absolute Gasteiger partial charge is 0.481 e. The molecule has 1 atom stereocenters. The van der Waals surface area contributed by atoms with Crippen molar-refractivity contribution in [1.29, 1.82) is 0 Å². The molecule has 1 aromatic carbocycles. The maximum Gasteiger partial charge on any atom is 0.322 e. The van der Waals surface area contributed by atoms with Crippen LogP contribution in [-0.4, -0.2) is 28.6 Å². The number of carboxylic acid groups (broad SMARTS) is 1. The second kappa shape index (κ2) is 7.78. The van der Waals surface area contributed by atoms with E-state index in [0.717, 1.165) is 53.8 Å². The highest BCUT2D eigenvalue weighted by Gasteiger charge is 2.45. The van der Waals surface area contributed by atoms with Crippen LogP contribution in [0.1, 0.15) is 64.0 Å². The molecule has 1 heterocycles. The summed E-state index contributed by atoms with van der Waals surface area (Å²) in [6.45, 7) is 6.83. The first-order valence-electron chi connectivity index (χ1n) is 9.91. The van der Waals surface area contributed by atoms with Crippen molar-refractivity contribution in [3.63, 3.8) is 0 Å². The van der Waals surface area contributed by atoms with Gasteiger partial charge in [0.2, 0.25) is 0 Å². The van der Waals surface area contributed by atoms with Gasteiger partial charge in [0, 0.05) is 17.8 Å². The Bertz CT molecular complexity index is 812. The average Bonchev–Trinajstić information content (AvgIpc) is 3.01. The number of benzene rings is 1. The first-order valence-corrected chi connectivity index (χ1v) is 10.3. The van der Waals surface area contributed by atoms with Crippen LogP contribution in [0.4, 0.5) is 4.79 Å². The highest BCUT2D eigenvalue weighted by atomic mass is 35.5. The number of carbonyl (C=O) groups excluding carboxylic acids is 1. The van der Waals surface area contributed by atoms with Crippen LogP contribution in [0.25, 0.3) is 0 Å². The molecule has 1 aliphatic carbocycles. The minimum Gasteiger partial charge on any atom is -0.481 e. The number of hydrogen-bond acceptors (Lipinski definition) is 2. The van der Waals surface area contributed by atoms with Gasteiger partial charge >= 0.3 is 12.0 Å². The molecular formula is C22H29ClN2O3. The molecule has 152 valence electrons. The summed E-state index contributed by atoms with van der Waals surface area (Å²) in [6.07, 6.45) is 6.44. The van der Waals surface area contributed by atoms with Gasteiger partial charge in [-0.3, -0.25) is 4.79 Å². The van der Waals surface area contributed by atoms with Gasteiger partial charge in [0.05, 0.1) is 12.0 Å². The molecule has 1 aromatic rings. The summed E-state index contributed by atoms with van der Waals surface area (Å²) >= 11 is 6.61. The van der Waals surface area contributed by atoms with Gasteiger partial charge < -0.3 is 15.3 Å². The van der Waals surface area contributed by atoms with Crippen LogP contribution in [0, 0.1) is 5.41 Å². The van der Waals surface area contributed by atoms with Crippen molar-refractivity contribution in [3.8, 4) is 0 Å². The van der Waals surface area contributed by atoms with Crippen LogP contribution in [0.2, 0.25) is 5.02 Å². The quantitative estimate of drug-likeness (QED) is 0.694. The molecule has 1 unspecified atom stereocenters. The third-order valence-electron chi connectivity index (χ3n) is 5.70. The number of aryl methyl sites for hydroxylation is 1. The Labute approximate surface area is 171 Å². The Kier molecular flexibility index (Phi) is 5.76. The number of amides is 2. The molecular weight excluding hydrogens is 376 g/mol. The van der Waals surface area contributed by atoms with Crippen LogP contribution in [0.3, 0.4) is 0 Å². The molecule has 5 nitrogen and oxygen atoms in total. The van der Waals surface area contributed by atoms with Gasteiger partial charge in [0.1, 0.15) is 0 Å². The average molecular weight is 405 g/mol. The monoisotopic (exact) mass is 404 g/mol. The summed E-state index contributed by atoms with van der Waals surface area (Å²) < 4.78 is 0. The summed E-state index contributed by atoms with van der Waals surface area (Å²) in [5, 5.41) is 12.8. The van der Waals surface area contributed by atoms with E-state index in [2.05, 4.69) is 38.2 Å². The molecule has 0 aromatic heterocycles. The van der Waals surface area contributed by atoms with Gasteiger partial charge in [-0.1, -0.05) is 44.5 Å². The fourth-order valence-electron chi connectivity index (χ4n) is 4.05. The van der Waals surface area contributed by atoms with Crippen molar-refractivity contribution in [2.24, 2.45) is 5.41 Å². The van der Waals surface area contributed by atoms with Gasteiger partial charge in [-0.25, -0.2) is 4.79 Å². The third-order valence-corrected chi connectivity index (χ3v) is 6.05. The summed E-state index contributed by atoms with van der Waals surface area (Å²) in [5.41, 5.74) is 2.98. The Balaban J connectivity index is 1.86. The Morgan fingerprint density at radius 3 is 2.75 bits per heavy atom. The highest BCUT2D eigenvalue weighted by molar-refractivity contribution is 6.31. The number of aliphatic carboxylic acids is 1. The number of fused-ring (bicyclic) bond motifs is 1. The minimum absolute atomic E-state index is 0.0709. The van der Waals surface area contributed by atoms with E-state index < -0.39 is 11.5 Å². The lowest BCUT2D eigenvalue weighted by Gasteiger charge is -2.39. The standard InChI is InChI=1S/C22H29ClN2O3/c1-21(2,3)11-8-15-6-7-16(13-18(15)23)22-10-4-5-17(22)14-25(20(28)24-22)12-9-19(26)27/h6-7,13-14H,4-5,8-12H2,1-3H3,(H,24,28)(H,26,27). The van der Waals surface area contributed by atoms with Gasteiger partial charge in [-0.05, 0) is 60.3 Å². The van der Waals surface area contributed by atoms with E-state index in [9.17, 15) is 9.59 Å². The summed E-state index contributed by atoms with van der Waals surface area (Å²) in [4.78, 5) is 25.0. The van der Waals surface area contributed by atoms with Gasteiger partial charge in [0.25, 0.3) is 0 Å². The number of carbonyl (C=O) groups is 2. The lowest BCUT2D eigenvalue weighted by atomic mass is 9.82. The van der Waals surface area contributed by atoms with Gasteiger partial charge in [-0.15, -0.1) is 0 Å². The van der Waals surface area contributed by atoms with Crippen molar-refractivity contribution in [3.05, 3.63) is 46.1 Å². The van der Waals surface area contributed by atoms with Gasteiger partial charge in [-0.2, -0.15) is 0 Å². The number of carboxylic acids is 1. The Morgan fingerprint density at radius 1 is 1.36 bits per heavy atom. The molecule has 2 amide bonds. The first-order chi connectivity index (χ1) is 13.1. The van der Waals surface area contributed by atoms with Crippen LogP contribution in [0.5, 0.6) is 0 Å². The van der Waals surface area contributed by atoms with Crippen molar-refractivity contribution in [2.75, 3.05) is 6.54 Å². The van der Waals surface area contributed by atoms with Crippen LogP contribution in [-0.2, 0) is 16.8 Å². The number of rotatable bonds is 6. The maximum absolute atomic E-state index is 12.6. The summed E-state index contributed by atoms with van der Waals surface area (Å²) in [6, 6.07) is 5.90. The molecule has 1 saturated carbocycles. The lowest BCUT2D eigenvalue weighted by molar-refractivity contribution is -0.137. The van der Waals surface area contributed by atoms with Crippen molar-refractivity contribution in [1.82, 2.24) is 10.2 Å². The molecule has 2 N–H and O–H groups in total. The van der Waals surface area contributed by atoms with E-state index in [1.807, 2.05) is 12.3 Å². The SMILES string of the molecule is CC(C)(C)CCc1ccc(C23CCCC2=CN(CCC(=O)O)C(=O)N3)cc1Cl. The van der Waals surface area contributed by atoms with E-state index >= 15 is 0 Å². The van der Waals surface area contributed by atoms with Crippen LogP contribution < -0.4 is 5.32 Å². The van der Waals surface area contributed by atoms with E-state index in [1.165, 1.54) is 4.90 Å². The van der Waals surface area contributed by atoms with E-state index in [0.29, 0.717) is 0 Å². The third kappa shape index (κ3) is 4.35. The van der Waals surface area contributed by atoms with Crippen LogP contribution >= 0.6 is 11.6 Å². The number of urea groups is 1. The second-order valence-corrected chi connectivity index (χ2v) is 9.45. The molecule has 0 spiro atoms. The molecule has 28 heavy (non-hydrogen) atoms. The predicted octanol–water partition coefficient (Wildman–Crippen LogP) is 5.08. The zero-order valence-corrected chi connectivity index (χ0v) is 17.6. The summed E-state index contributed by atoms with van der Waals surface area (Å²) in [7, 11) is 0. The molecule has 2 aliphatic rings. The number of nitrogens with zero attached hydrogens (tertiary/aromatic N) is 1. The first kappa shape index (κ1) is 20.7. The van der Waals surface area contributed by atoms with Gasteiger partial charge in [0.15, 0.2) is 0 Å². The molecule has 3 rings (SSSR count). The van der Waals surface area contributed by atoms with E-state index in [4.69, 9.17) is 16.7 Å². The normalized spacial score (nSPS) is 21.9. The molecule has 0 radical (unpaired) electrons. The lowest BCUT2D eigenvalue weighted by Crippen LogP contribution is -2.53. The van der Waals surface area contributed by atoms with Crippen molar-refractivity contribution >= 4 is 23.6 Å². The molecule has 0 saturated heterocycles. The molecule has 1 aliphatic heterocycles. The van der Waals surface area contributed by atoms with Crippen molar-refractivity contribution in [2.45, 2.75) is 64.8 Å². The number of halogens is 1. The zero-order valence-electron chi connectivity index (χ0n) is 16.8. The Hall–Kier alpha value is -2.01. The Morgan fingerprint density at radius 2 is 2.11 bits per heavy atom. The fourth-order valence-corrected chi connectivity index (χ4v) is 4.32. The molecule has 1 fully saturated rings. The number of hydrogen-bond donors (Lipinski definition) is 2. The zero-order chi connectivity index (χ0) is 20.5. The summed E-state index contributed by atoms with van der Waals surface area (Å²) in [5.74, 6) is -0.910. The molecule has 0 bridgehead atoms. The molecule has 6 heteroatoms. The highest BCUT2D eigenvalue weighted by Crippen LogP contribution is 2.46. The minimum atomic E-state index is -0.910. The van der Waals surface area contributed by atoms with Crippen LogP contribution in [0.15, 0.2) is 30.0 Å². The smallest absolute Gasteiger partial charge is 0.322 e.